The molecule has 9 heteroatoms. The van der Waals surface area contributed by atoms with E-state index in [2.05, 4.69) is 46.4 Å². The van der Waals surface area contributed by atoms with Crippen LogP contribution in [0, 0.1) is 5.92 Å². The summed E-state index contributed by atoms with van der Waals surface area (Å²) < 4.78 is 7.92. The number of rotatable bonds is 6. The number of aromatic nitrogens is 4. The van der Waals surface area contributed by atoms with Crippen molar-refractivity contribution < 1.29 is 9.94 Å². The Morgan fingerprint density at radius 3 is 2.61 bits per heavy atom. The third-order valence-corrected chi connectivity index (χ3v) is 7.12. The summed E-state index contributed by atoms with van der Waals surface area (Å²) in [7, 11) is 0. The molecule has 0 amide bonds. The molecule has 2 aliphatic rings. The Kier molecular flexibility index (Phi) is 6.91. The maximum absolute atomic E-state index is 10.1. The molecule has 3 aromatic rings. The Hall–Kier alpha value is -3.46. The number of pyridine rings is 1. The van der Waals surface area contributed by atoms with Gasteiger partial charge in [-0.25, -0.2) is 15.5 Å². The first-order chi connectivity index (χ1) is 17.4. The van der Waals surface area contributed by atoms with Gasteiger partial charge in [-0.15, -0.1) is 5.10 Å². The molecule has 1 fully saturated rings. The van der Waals surface area contributed by atoms with Crippen molar-refractivity contribution in [3.63, 3.8) is 0 Å². The van der Waals surface area contributed by atoms with Crippen LogP contribution in [-0.4, -0.2) is 42.1 Å². The first-order valence-corrected chi connectivity index (χ1v) is 12.8. The lowest BCUT2D eigenvalue weighted by molar-refractivity contribution is 0.127. The number of fused-ring (bicyclic) bond motifs is 1. The normalized spacial score (nSPS) is 17.3. The van der Waals surface area contributed by atoms with Crippen LogP contribution in [0.4, 0.5) is 5.69 Å². The van der Waals surface area contributed by atoms with Crippen LogP contribution in [0.15, 0.2) is 53.8 Å². The van der Waals surface area contributed by atoms with Crippen molar-refractivity contribution in [2.75, 3.05) is 0 Å². The highest BCUT2D eigenvalue weighted by molar-refractivity contribution is 5.84. The largest absolute Gasteiger partial charge is 0.439 e. The lowest BCUT2D eigenvalue weighted by Gasteiger charge is -2.41. The van der Waals surface area contributed by atoms with Gasteiger partial charge in [-0.05, 0) is 30.9 Å². The molecule has 0 saturated heterocycles. The van der Waals surface area contributed by atoms with Gasteiger partial charge in [0.25, 0.3) is 0 Å². The van der Waals surface area contributed by atoms with Gasteiger partial charge in [-0.1, -0.05) is 63.4 Å². The molecule has 2 aromatic heterocycles. The average Bonchev–Trinajstić information content (AvgIpc) is 3.37. The Bertz CT molecular complexity index is 1200. The van der Waals surface area contributed by atoms with E-state index in [9.17, 15) is 5.21 Å². The van der Waals surface area contributed by atoms with E-state index in [4.69, 9.17) is 9.73 Å². The number of guanidine groups is 1. The fraction of sp³-hybridized carbons (Fsp3) is 0.481. The van der Waals surface area contributed by atoms with Gasteiger partial charge in [-0.2, -0.15) is 0 Å². The van der Waals surface area contributed by atoms with Gasteiger partial charge in [0.05, 0.1) is 30.2 Å². The number of hydrogen-bond donors (Lipinski definition) is 2. The van der Waals surface area contributed by atoms with Gasteiger partial charge in [0, 0.05) is 29.8 Å². The van der Waals surface area contributed by atoms with E-state index in [1.807, 2.05) is 47.3 Å². The van der Waals surface area contributed by atoms with Gasteiger partial charge in [0.1, 0.15) is 5.75 Å². The minimum absolute atomic E-state index is 0.0654. The monoisotopic (exact) mass is 489 g/mol. The Balaban J connectivity index is 1.44. The SMILES string of the molecule is CC(C)(C)c1cn(C[C@@H](C2CCCCC2)N2Cc3cc(Oc4ccccc4)ncc3N=C2NO)nn1. The summed E-state index contributed by atoms with van der Waals surface area (Å²) in [6.45, 7) is 7.68. The number of aliphatic imine (C=N–C) groups is 1. The third kappa shape index (κ3) is 5.36. The molecule has 0 spiro atoms. The second-order valence-electron chi connectivity index (χ2n) is 10.8. The quantitative estimate of drug-likeness (QED) is 0.459. The maximum atomic E-state index is 10.1. The summed E-state index contributed by atoms with van der Waals surface area (Å²) in [5, 5.41) is 18.9. The van der Waals surface area contributed by atoms with Crippen molar-refractivity contribution in [3.8, 4) is 11.6 Å². The maximum Gasteiger partial charge on any atom is 0.224 e. The standard InChI is InChI=1S/C27H35N7O2/c1-27(2,3)24-18-33(32-30-24)17-23(19-10-6-4-7-11-19)34-16-20-14-25(36-21-12-8-5-9-13-21)28-15-22(20)29-26(34)31-35/h5,8-9,12-15,18-19,23,35H,4,6-7,10-11,16-17H2,1-3H3,(H,29,31)/t23-/m0/s1. The van der Waals surface area contributed by atoms with Crippen LogP contribution in [0.3, 0.4) is 0 Å². The van der Waals surface area contributed by atoms with E-state index in [0.717, 1.165) is 35.5 Å². The van der Waals surface area contributed by atoms with Crippen molar-refractivity contribution in [2.45, 2.75) is 77.4 Å². The molecule has 0 unspecified atom stereocenters. The van der Waals surface area contributed by atoms with Crippen LogP contribution in [0.25, 0.3) is 0 Å². The van der Waals surface area contributed by atoms with E-state index in [1.165, 1.54) is 19.3 Å². The zero-order valence-corrected chi connectivity index (χ0v) is 21.3. The van der Waals surface area contributed by atoms with E-state index < -0.39 is 0 Å². The molecule has 1 saturated carbocycles. The molecule has 3 heterocycles. The zero-order valence-electron chi connectivity index (χ0n) is 21.3. The van der Waals surface area contributed by atoms with Crippen LogP contribution >= 0.6 is 0 Å². The Labute approximate surface area is 212 Å². The van der Waals surface area contributed by atoms with Gasteiger partial charge >= 0.3 is 0 Å². The van der Waals surface area contributed by atoms with Crippen molar-refractivity contribution >= 4 is 11.6 Å². The molecular formula is C27H35N7O2. The summed E-state index contributed by atoms with van der Waals surface area (Å²) in [6, 6.07) is 11.7. The Morgan fingerprint density at radius 2 is 1.92 bits per heavy atom. The second-order valence-corrected chi connectivity index (χ2v) is 10.8. The molecular weight excluding hydrogens is 454 g/mol. The van der Waals surface area contributed by atoms with Gasteiger partial charge in [0.15, 0.2) is 0 Å². The summed E-state index contributed by atoms with van der Waals surface area (Å²) in [4.78, 5) is 11.3. The lowest BCUT2D eigenvalue weighted by Crippen LogP contribution is -2.52. The molecule has 1 aromatic carbocycles. The predicted molar refractivity (Wildman–Crippen MR) is 137 cm³/mol. The molecule has 0 radical (unpaired) electrons. The first kappa shape index (κ1) is 24.2. The first-order valence-electron chi connectivity index (χ1n) is 12.8. The van der Waals surface area contributed by atoms with E-state index >= 15 is 0 Å². The van der Waals surface area contributed by atoms with Crippen LogP contribution in [-0.2, 0) is 18.5 Å². The summed E-state index contributed by atoms with van der Waals surface area (Å²) >= 11 is 0. The number of nitrogens with one attached hydrogen (secondary N) is 1. The van der Waals surface area contributed by atoms with Crippen LogP contribution in [0.2, 0.25) is 0 Å². The fourth-order valence-electron chi connectivity index (χ4n) is 5.10. The van der Waals surface area contributed by atoms with Gasteiger partial charge in [-0.3, -0.25) is 9.89 Å². The third-order valence-electron chi connectivity index (χ3n) is 7.12. The topological polar surface area (TPSA) is 101 Å². The summed E-state index contributed by atoms with van der Waals surface area (Å²) in [5.41, 5.74) is 4.99. The fourth-order valence-corrected chi connectivity index (χ4v) is 5.10. The number of hydrogen-bond acceptors (Lipinski definition) is 8. The highest BCUT2D eigenvalue weighted by Crippen LogP contribution is 2.35. The van der Waals surface area contributed by atoms with E-state index in [-0.39, 0.29) is 11.5 Å². The van der Waals surface area contributed by atoms with Gasteiger partial charge < -0.3 is 9.64 Å². The molecule has 190 valence electrons. The molecule has 1 atom stereocenters. The molecule has 0 bridgehead atoms. The van der Waals surface area contributed by atoms with Crippen molar-refractivity contribution in [3.05, 3.63) is 60.0 Å². The predicted octanol–water partition coefficient (Wildman–Crippen LogP) is 5.19. The zero-order chi connectivity index (χ0) is 25.1. The molecule has 1 aliphatic carbocycles. The second kappa shape index (κ2) is 10.3. The summed E-state index contributed by atoms with van der Waals surface area (Å²) in [5.74, 6) is 2.16. The smallest absolute Gasteiger partial charge is 0.224 e. The highest BCUT2D eigenvalue weighted by Gasteiger charge is 2.34. The number of para-hydroxylation sites is 1. The van der Waals surface area contributed by atoms with Gasteiger partial charge in [0.2, 0.25) is 11.8 Å². The number of ether oxygens (including phenoxy) is 1. The van der Waals surface area contributed by atoms with E-state index in [0.29, 0.717) is 30.8 Å². The Morgan fingerprint density at radius 1 is 1.14 bits per heavy atom. The number of hydroxylamine groups is 1. The van der Waals surface area contributed by atoms with Crippen LogP contribution in [0.5, 0.6) is 11.6 Å². The molecule has 36 heavy (non-hydrogen) atoms. The van der Waals surface area contributed by atoms with Crippen molar-refractivity contribution in [1.82, 2.24) is 30.4 Å². The minimum Gasteiger partial charge on any atom is -0.439 e. The molecule has 2 N–H and O–H groups in total. The number of benzene rings is 1. The lowest BCUT2D eigenvalue weighted by atomic mass is 9.83. The van der Waals surface area contributed by atoms with Crippen LogP contribution < -0.4 is 10.2 Å². The van der Waals surface area contributed by atoms with Crippen molar-refractivity contribution in [2.24, 2.45) is 10.9 Å². The molecule has 5 rings (SSSR count). The average molecular weight is 490 g/mol. The molecule has 9 nitrogen and oxygen atoms in total. The molecule has 1 aliphatic heterocycles. The highest BCUT2D eigenvalue weighted by atomic mass is 16.5. The summed E-state index contributed by atoms with van der Waals surface area (Å²) in [6.07, 6.45) is 9.74. The number of nitrogens with zero attached hydrogens (tertiary/aromatic N) is 6. The van der Waals surface area contributed by atoms with Crippen LogP contribution in [0.1, 0.15) is 64.1 Å². The van der Waals surface area contributed by atoms with E-state index in [1.54, 1.807) is 6.20 Å². The van der Waals surface area contributed by atoms with Crippen molar-refractivity contribution in [1.29, 1.82) is 0 Å². The minimum atomic E-state index is -0.0654.